The van der Waals surface area contributed by atoms with Gasteiger partial charge >= 0.3 is 0 Å². The minimum atomic E-state index is -2.12. The Hall–Kier alpha value is -6.24. The van der Waals surface area contributed by atoms with Crippen LogP contribution in [0, 0.1) is 19.0 Å². The molecular formula is C58H54IrN4OSi-2. The smallest absolute Gasteiger partial charge is 0.120 e. The molecule has 0 aliphatic rings. The first-order valence-corrected chi connectivity index (χ1v) is 25.3. The maximum atomic E-state index is 7.56. The predicted octanol–water partition coefficient (Wildman–Crippen LogP) is 14.5. The summed E-state index contributed by atoms with van der Waals surface area (Å²) in [4.78, 5) is 14.7. The number of furan rings is 1. The van der Waals surface area contributed by atoms with Gasteiger partial charge in [-0.1, -0.05) is 169 Å². The van der Waals surface area contributed by atoms with Crippen LogP contribution >= 0.6 is 0 Å². The number of hydrogen-bond donors (Lipinski definition) is 0. The van der Waals surface area contributed by atoms with Crippen molar-refractivity contribution >= 4 is 46.2 Å². The van der Waals surface area contributed by atoms with Crippen LogP contribution in [0.1, 0.15) is 61.1 Å². The van der Waals surface area contributed by atoms with E-state index in [0.29, 0.717) is 5.56 Å². The summed E-state index contributed by atoms with van der Waals surface area (Å²) >= 11 is 0. The van der Waals surface area contributed by atoms with E-state index in [0.717, 1.165) is 67.0 Å². The van der Waals surface area contributed by atoms with Gasteiger partial charge in [-0.05, 0) is 57.4 Å². The maximum absolute atomic E-state index is 7.56. The Morgan fingerprint density at radius 3 is 2.08 bits per heavy atom. The second-order valence-electron chi connectivity index (χ2n) is 19.0. The van der Waals surface area contributed by atoms with Crippen molar-refractivity contribution < 1.29 is 28.6 Å². The van der Waals surface area contributed by atoms with Gasteiger partial charge in [0.25, 0.3) is 0 Å². The maximum Gasteiger partial charge on any atom is 0.120 e. The van der Waals surface area contributed by atoms with E-state index < -0.39 is 14.9 Å². The van der Waals surface area contributed by atoms with Crippen LogP contribution in [0.2, 0.25) is 19.6 Å². The molecule has 6 aromatic carbocycles. The molecule has 0 amide bonds. The van der Waals surface area contributed by atoms with Gasteiger partial charge in [0.15, 0.2) is 0 Å². The number of fused-ring (bicyclic) bond motifs is 4. The Morgan fingerprint density at radius 2 is 1.40 bits per heavy atom. The second kappa shape index (κ2) is 18.0. The summed E-state index contributed by atoms with van der Waals surface area (Å²) in [7, 11) is -1.63. The Morgan fingerprint density at radius 1 is 0.708 bits per heavy atom. The van der Waals surface area contributed by atoms with E-state index in [-0.39, 0.29) is 30.9 Å². The number of aromatic nitrogens is 4. The molecule has 4 heterocycles. The number of hydrogen-bond acceptors (Lipinski definition) is 4. The minimum Gasteiger partial charge on any atom is -0.501 e. The van der Waals surface area contributed by atoms with E-state index in [4.69, 9.17) is 23.5 Å². The summed E-state index contributed by atoms with van der Waals surface area (Å²) in [5.74, 6) is 0.788. The van der Waals surface area contributed by atoms with E-state index in [1.165, 1.54) is 27.4 Å². The quantitative estimate of drug-likeness (QED) is 0.118. The van der Waals surface area contributed by atoms with Gasteiger partial charge in [-0.3, -0.25) is 9.97 Å². The molecule has 65 heavy (non-hydrogen) atoms. The van der Waals surface area contributed by atoms with Crippen molar-refractivity contribution in [3.05, 3.63) is 199 Å². The van der Waals surface area contributed by atoms with Crippen LogP contribution in [0.4, 0.5) is 0 Å². The van der Waals surface area contributed by atoms with Gasteiger partial charge in [0.1, 0.15) is 5.58 Å². The van der Waals surface area contributed by atoms with Crippen molar-refractivity contribution in [2.24, 2.45) is 0 Å². The summed E-state index contributed by atoms with van der Waals surface area (Å²) in [6.07, 6.45) is 3.88. The van der Waals surface area contributed by atoms with Crippen LogP contribution in [0.3, 0.4) is 0 Å². The van der Waals surface area contributed by atoms with E-state index in [1.54, 1.807) is 18.2 Å². The van der Waals surface area contributed by atoms with Crippen molar-refractivity contribution in [3.63, 3.8) is 0 Å². The molecule has 5 nitrogen and oxygen atoms in total. The molecule has 0 fully saturated rings. The van der Waals surface area contributed by atoms with Gasteiger partial charge in [-0.15, -0.1) is 53.6 Å². The SMILES string of the molecule is CC(C)(C)c1nccc2nc(-c3[c-]ccc4c3oc3ccccc34)n(-c3ccc(-c4ccccc4)cc3)c12.[2H]C([2H])([2H])c1c[c-]c(-c2cc(C(C)(C)c3ccccc3)c([Si](C)(C)C)cn2)cc1.[Ir]. The summed E-state index contributed by atoms with van der Waals surface area (Å²) in [6.45, 7) is 16.0. The molecule has 0 spiro atoms. The number of aryl methyl sites for hydroxylation is 1. The van der Waals surface area contributed by atoms with Crippen LogP contribution in [0.15, 0.2) is 168 Å². The molecule has 0 saturated carbocycles. The van der Waals surface area contributed by atoms with Crippen molar-refractivity contribution in [3.8, 4) is 39.5 Å². The minimum absolute atomic E-state index is 0. The summed E-state index contributed by atoms with van der Waals surface area (Å²) in [6, 6.07) is 57.5. The van der Waals surface area contributed by atoms with E-state index >= 15 is 0 Å². The summed E-state index contributed by atoms with van der Waals surface area (Å²) in [5, 5.41) is 3.49. The number of rotatable bonds is 7. The molecule has 10 aromatic rings. The monoisotopic (exact) mass is 1050 g/mol. The molecule has 0 bridgehead atoms. The molecule has 327 valence electrons. The molecule has 0 atom stereocenters. The first-order valence-electron chi connectivity index (χ1n) is 23.3. The number of pyridine rings is 2. The Balaban J connectivity index is 0.000000188. The van der Waals surface area contributed by atoms with E-state index in [2.05, 4.69) is 162 Å². The largest absolute Gasteiger partial charge is 0.501 e. The molecular weight excluding hydrogens is 989 g/mol. The van der Waals surface area contributed by atoms with Gasteiger partial charge in [-0.25, -0.2) is 0 Å². The van der Waals surface area contributed by atoms with Gasteiger partial charge in [0, 0.05) is 58.5 Å². The van der Waals surface area contributed by atoms with Gasteiger partial charge in [-0.2, -0.15) is 0 Å². The summed E-state index contributed by atoms with van der Waals surface area (Å²) < 4.78 is 31.3. The molecule has 0 aliphatic heterocycles. The van der Waals surface area contributed by atoms with Crippen LogP contribution in [-0.2, 0) is 30.9 Å². The van der Waals surface area contributed by atoms with E-state index in [1.807, 2.05) is 54.9 Å². The fraction of sp³-hybridized carbons (Fsp3) is 0.190. The second-order valence-corrected chi connectivity index (χ2v) is 24.0. The van der Waals surface area contributed by atoms with Gasteiger partial charge < -0.3 is 14.0 Å². The third kappa shape index (κ3) is 8.94. The number of nitrogens with zero attached hydrogens (tertiary/aromatic N) is 4. The van der Waals surface area contributed by atoms with Crippen LogP contribution in [0.5, 0.6) is 0 Å². The standard InChI is InChI=1S/C34H26N3O.C24H28NSi.Ir/c1-34(2,3)32-30-28(20-21-35-32)36-33(27-14-9-13-26-25-12-7-8-15-29(25)38-31(26)27)37(30)24-18-16-23(17-19-24)22-10-5-4-6-11-22;1-18-12-14-19(15-13-18)22-16-21(23(17-25-22)26(4,5)6)24(2,3)20-10-8-7-9-11-20;/h4-13,15-21H,1-3H3;7-14,16-17H,1-6H3;/q2*-1;/i;1D3;. The normalized spacial score (nSPS) is 12.8. The molecule has 4 aromatic heterocycles. The summed E-state index contributed by atoms with van der Waals surface area (Å²) in [5.41, 5.74) is 12.9. The first kappa shape index (κ1) is 41.5. The molecule has 0 unspecified atom stereocenters. The average Bonchev–Trinajstić information content (AvgIpc) is 3.91. The fourth-order valence-corrected chi connectivity index (χ4v) is 10.2. The third-order valence-electron chi connectivity index (χ3n) is 12.0. The molecule has 7 heteroatoms. The Labute approximate surface area is 402 Å². The van der Waals surface area contributed by atoms with E-state index in [9.17, 15) is 0 Å². The third-order valence-corrected chi connectivity index (χ3v) is 14.1. The zero-order valence-corrected chi connectivity index (χ0v) is 41.5. The van der Waals surface area contributed by atoms with Crippen molar-refractivity contribution in [2.75, 3.05) is 0 Å². The zero-order chi connectivity index (χ0) is 47.3. The average molecular weight is 1050 g/mol. The van der Waals surface area contributed by atoms with Crippen molar-refractivity contribution in [2.45, 2.75) is 71.9 Å². The number of benzene rings is 6. The predicted molar refractivity (Wildman–Crippen MR) is 269 cm³/mol. The topological polar surface area (TPSA) is 56.7 Å². The molecule has 0 saturated heterocycles. The Bertz CT molecular complexity index is 3370. The van der Waals surface area contributed by atoms with Crippen LogP contribution in [-0.4, -0.2) is 27.6 Å². The van der Waals surface area contributed by atoms with Gasteiger partial charge in [0.2, 0.25) is 0 Å². The number of imidazole rings is 1. The Kier molecular flexibility index (Phi) is 11.5. The molecule has 0 aliphatic carbocycles. The molecule has 0 N–H and O–H groups in total. The first-order chi connectivity index (χ1) is 31.9. The fourth-order valence-electron chi connectivity index (χ4n) is 8.59. The molecule has 1 radical (unpaired) electrons. The van der Waals surface area contributed by atoms with Crippen molar-refractivity contribution in [1.29, 1.82) is 0 Å². The number of para-hydroxylation sites is 1. The molecule has 10 rings (SSSR count). The zero-order valence-electron chi connectivity index (χ0n) is 41.1. The van der Waals surface area contributed by atoms with Crippen LogP contribution in [0.25, 0.3) is 72.4 Å². The van der Waals surface area contributed by atoms with Gasteiger partial charge in [0.05, 0.1) is 36.2 Å². The van der Waals surface area contributed by atoms with Crippen molar-refractivity contribution in [1.82, 2.24) is 19.5 Å². The van der Waals surface area contributed by atoms with Crippen LogP contribution < -0.4 is 5.19 Å².